The number of hydrogen-bond donors (Lipinski definition) is 1. The molecule has 1 heterocycles. The third kappa shape index (κ3) is 4.37. The standard InChI is InChI=1S/C23H16N4O2/c24-13-16-4-3-5-18(12-16)26-23(28)15-29-19-10-8-17(9-11-19)22-14-25-20-6-1-2-7-21(20)27-22/h1-12,14H,15H2,(H,26,28). The van der Waals surface area contributed by atoms with E-state index in [1.807, 2.05) is 42.5 Å². The van der Waals surface area contributed by atoms with Crippen molar-refractivity contribution < 1.29 is 9.53 Å². The van der Waals surface area contributed by atoms with Crippen molar-refractivity contribution in [3.63, 3.8) is 0 Å². The summed E-state index contributed by atoms with van der Waals surface area (Å²) >= 11 is 0. The molecule has 140 valence electrons. The molecule has 0 saturated heterocycles. The van der Waals surface area contributed by atoms with Crippen molar-refractivity contribution >= 4 is 22.6 Å². The quantitative estimate of drug-likeness (QED) is 0.561. The number of ether oxygens (including phenoxy) is 1. The Labute approximate surface area is 167 Å². The van der Waals surface area contributed by atoms with Crippen molar-refractivity contribution in [3.8, 4) is 23.1 Å². The molecule has 1 amide bonds. The second kappa shape index (κ2) is 8.19. The minimum absolute atomic E-state index is 0.133. The first kappa shape index (κ1) is 18.1. The predicted octanol–water partition coefficient (Wildman–Crippen LogP) is 4.19. The molecule has 1 aromatic heterocycles. The molecule has 6 heteroatoms. The van der Waals surface area contributed by atoms with E-state index >= 15 is 0 Å². The van der Waals surface area contributed by atoms with Gasteiger partial charge in [0.1, 0.15) is 5.75 Å². The lowest BCUT2D eigenvalue weighted by Gasteiger charge is -2.08. The topological polar surface area (TPSA) is 87.9 Å². The zero-order valence-corrected chi connectivity index (χ0v) is 15.4. The molecule has 1 N–H and O–H groups in total. The molecule has 6 nitrogen and oxygen atoms in total. The van der Waals surface area contributed by atoms with Crippen LogP contribution in [0.5, 0.6) is 5.75 Å². The van der Waals surface area contributed by atoms with Gasteiger partial charge in [0.05, 0.1) is 34.6 Å². The van der Waals surface area contributed by atoms with Crippen LogP contribution >= 0.6 is 0 Å². The number of nitrogens with one attached hydrogen (secondary N) is 1. The maximum atomic E-state index is 12.1. The number of anilines is 1. The Morgan fingerprint density at radius 2 is 1.79 bits per heavy atom. The summed E-state index contributed by atoms with van der Waals surface area (Å²) in [5, 5.41) is 11.6. The molecule has 0 aliphatic rings. The highest BCUT2D eigenvalue weighted by Crippen LogP contribution is 2.22. The van der Waals surface area contributed by atoms with Crippen molar-refractivity contribution in [2.45, 2.75) is 0 Å². The predicted molar refractivity (Wildman–Crippen MR) is 110 cm³/mol. The van der Waals surface area contributed by atoms with Crippen LogP contribution < -0.4 is 10.1 Å². The molecule has 0 unspecified atom stereocenters. The van der Waals surface area contributed by atoms with Crippen LogP contribution in [0.1, 0.15) is 5.56 Å². The first-order valence-corrected chi connectivity index (χ1v) is 8.96. The fourth-order valence-corrected chi connectivity index (χ4v) is 2.83. The lowest BCUT2D eigenvalue weighted by atomic mass is 10.1. The minimum Gasteiger partial charge on any atom is -0.484 e. The van der Waals surface area contributed by atoms with Gasteiger partial charge in [0.15, 0.2) is 6.61 Å². The molecule has 0 atom stereocenters. The Balaban J connectivity index is 1.38. The zero-order chi connectivity index (χ0) is 20.1. The van der Waals surface area contributed by atoms with Crippen LogP contribution in [0.2, 0.25) is 0 Å². The number of carbonyl (C=O) groups excluding carboxylic acids is 1. The van der Waals surface area contributed by atoms with E-state index in [1.165, 1.54) is 0 Å². The van der Waals surface area contributed by atoms with E-state index in [0.29, 0.717) is 17.0 Å². The number of aromatic nitrogens is 2. The molecule has 4 aromatic rings. The molecule has 3 aromatic carbocycles. The van der Waals surface area contributed by atoms with Crippen LogP contribution in [0.15, 0.2) is 79.0 Å². The van der Waals surface area contributed by atoms with E-state index in [0.717, 1.165) is 22.3 Å². The molecular weight excluding hydrogens is 364 g/mol. The molecule has 0 aliphatic heterocycles. The molecule has 0 aliphatic carbocycles. The highest BCUT2D eigenvalue weighted by atomic mass is 16.5. The van der Waals surface area contributed by atoms with Gasteiger partial charge in [-0.25, -0.2) is 4.98 Å². The number of nitrogens with zero attached hydrogens (tertiary/aromatic N) is 3. The van der Waals surface area contributed by atoms with Crippen LogP contribution in [-0.2, 0) is 4.79 Å². The number of carbonyl (C=O) groups is 1. The number of hydrogen-bond acceptors (Lipinski definition) is 5. The molecule has 4 rings (SSSR count). The Bertz CT molecular complexity index is 1210. The number of para-hydroxylation sites is 2. The molecule has 0 bridgehead atoms. The van der Waals surface area contributed by atoms with E-state index in [2.05, 4.69) is 15.3 Å². The average Bonchev–Trinajstić information content (AvgIpc) is 2.78. The maximum absolute atomic E-state index is 12.1. The normalized spacial score (nSPS) is 10.3. The zero-order valence-electron chi connectivity index (χ0n) is 15.4. The van der Waals surface area contributed by atoms with Gasteiger partial charge in [0.25, 0.3) is 5.91 Å². The van der Waals surface area contributed by atoms with Gasteiger partial charge < -0.3 is 10.1 Å². The van der Waals surface area contributed by atoms with Gasteiger partial charge in [0.2, 0.25) is 0 Å². The number of fused-ring (bicyclic) bond motifs is 1. The summed E-state index contributed by atoms with van der Waals surface area (Å²) < 4.78 is 5.54. The third-order valence-corrected chi connectivity index (χ3v) is 4.24. The Hall–Kier alpha value is -4.24. The number of amides is 1. The molecule has 0 spiro atoms. The molecular formula is C23H16N4O2. The Morgan fingerprint density at radius 3 is 2.59 bits per heavy atom. The second-order valence-electron chi connectivity index (χ2n) is 6.30. The van der Waals surface area contributed by atoms with Crippen LogP contribution in [0.25, 0.3) is 22.3 Å². The summed E-state index contributed by atoms with van der Waals surface area (Å²) in [5.74, 6) is 0.271. The monoisotopic (exact) mass is 380 g/mol. The smallest absolute Gasteiger partial charge is 0.262 e. The highest BCUT2D eigenvalue weighted by Gasteiger charge is 2.06. The van der Waals surface area contributed by atoms with Crippen molar-refractivity contribution in [3.05, 3.63) is 84.6 Å². The number of benzene rings is 3. The minimum atomic E-state index is -0.301. The largest absolute Gasteiger partial charge is 0.484 e. The first-order valence-electron chi connectivity index (χ1n) is 8.96. The SMILES string of the molecule is N#Cc1cccc(NC(=O)COc2ccc(-c3cnc4ccccc4n3)cc2)c1. The lowest BCUT2D eigenvalue weighted by Crippen LogP contribution is -2.20. The van der Waals surface area contributed by atoms with Gasteiger partial charge in [-0.2, -0.15) is 5.26 Å². The number of nitriles is 1. The van der Waals surface area contributed by atoms with Gasteiger partial charge in [0, 0.05) is 11.3 Å². The van der Waals surface area contributed by atoms with Gasteiger partial charge in [-0.1, -0.05) is 18.2 Å². The highest BCUT2D eigenvalue weighted by molar-refractivity contribution is 5.92. The molecule has 0 fully saturated rings. The summed E-state index contributed by atoms with van der Waals surface area (Å²) in [7, 11) is 0. The van der Waals surface area contributed by atoms with Crippen LogP contribution in [0.3, 0.4) is 0 Å². The van der Waals surface area contributed by atoms with Gasteiger partial charge >= 0.3 is 0 Å². The van der Waals surface area contributed by atoms with E-state index in [4.69, 9.17) is 10.00 Å². The van der Waals surface area contributed by atoms with Crippen molar-refractivity contribution in [1.29, 1.82) is 5.26 Å². The molecule has 0 radical (unpaired) electrons. The van der Waals surface area contributed by atoms with Crippen LogP contribution in [-0.4, -0.2) is 22.5 Å². The fourth-order valence-electron chi connectivity index (χ4n) is 2.83. The molecule has 0 saturated carbocycles. The van der Waals surface area contributed by atoms with Crippen molar-refractivity contribution in [2.75, 3.05) is 11.9 Å². The third-order valence-electron chi connectivity index (χ3n) is 4.24. The van der Waals surface area contributed by atoms with Gasteiger partial charge in [-0.05, 0) is 54.6 Å². The Kier molecular flexibility index (Phi) is 5.12. The maximum Gasteiger partial charge on any atom is 0.262 e. The van der Waals surface area contributed by atoms with Crippen LogP contribution in [0.4, 0.5) is 5.69 Å². The number of rotatable bonds is 5. The van der Waals surface area contributed by atoms with Crippen LogP contribution in [0, 0.1) is 11.3 Å². The molecule has 29 heavy (non-hydrogen) atoms. The van der Waals surface area contributed by atoms with Crippen molar-refractivity contribution in [1.82, 2.24) is 9.97 Å². The van der Waals surface area contributed by atoms with Gasteiger partial charge in [-0.3, -0.25) is 9.78 Å². The van der Waals surface area contributed by atoms with E-state index in [9.17, 15) is 4.79 Å². The summed E-state index contributed by atoms with van der Waals surface area (Å²) in [6.45, 7) is -0.133. The van der Waals surface area contributed by atoms with Crippen molar-refractivity contribution in [2.24, 2.45) is 0 Å². The average molecular weight is 380 g/mol. The van der Waals surface area contributed by atoms with Gasteiger partial charge in [-0.15, -0.1) is 0 Å². The fraction of sp³-hybridized carbons (Fsp3) is 0.0435. The summed E-state index contributed by atoms with van der Waals surface area (Å²) in [5.41, 5.74) is 4.41. The van der Waals surface area contributed by atoms with E-state index in [-0.39, 0.29) is 12.5 Å². The summed E-state index contributed by atoms with van der Waals surface area (Å²) in [4.78, 5) is 21.1. The first-order chi connectivity index (χ1) is 14.2. The van der Waals surface area contributed by atoms with E-state index < -0.39 is 0 Å². The lowest BCUT2D eigenvalue weighted by molar-refractivity contribution is -0.118. The summed E-state index contributed by atoms with van der Waals surface area (Å²) in [6.07, 6.45) is 1.74. The second-order valence-corrected chi connectivity index (χ2v) is 6.30. The summed E-state index contributed by atoms with van der Waals surface area (Å²) in [6, 6.07) is 23.8. The Morgan fingerprint density at radius 1 is 1.00 bits per heavy atom. The van der Waals surface area contributed by atoms with E-state index in [1.54, 1.807) is 42.6 Å².